The number of nitrogens with zero attached hydrogens (tertiary/aromatic N) is 3. The molecule has 1 N–H and O–H groups in total. The Morgan fingerprint density at radius 2 is 2.16 bits per heavy atom. The van der Waals surface area contributed by atoms with Crippen LogP contribution in [0.3, 0.4) is 0 Å². The average molecular weight is 342 g/mol. The maximum atomic E-state index is 12.5. The fourth-order valence-electron chi connectivity index (χ4n) is 2.80. The molecule has 1 fully saturated rings. The van der Waals surface area contributed by atoms with E-state index < -0.39 is 0 Å². The van der Waals surface area contributed by atoms with Gasteiger partial charge in [0.15, 0.2) is 0 Å². The number of rotatable bonds is 4. The van der Waals surface area contributed by atoms with Crippen molar-refractivity contribution in [3.63, 3.8) is 0 Å². The van der Waals surface area contributed by atoms with Crippen molar-refractivity contribution < 1.29 is 14.3 Å². The summed E-state index contributed by atoms with van der Waals surface area (Å²) in [5.74, 6) is 0.813. The number of likely N-dealkylation sites (tertiary alicyclic amines) is 1. The number of carbonyl (C=O) groups excluding carboxylic acids is 1. The second-order valence-electron chi connectivity index (χ2n) is 6.03. The Morgan fingerprint density at radius 1 is 1.32 bits per heavy atom. The topological polar surface area (TPSA) is 76.6 Å². The molecular formula is C18H22N4O3. The van der Waals surface area contributed by atoms with Crippen LogP contribution < -0.4 is 14.8 Å². The van der Waals surface area contributed by atoms with Gasteiger partial charge in [-0.15, -0.1) is 0 Å². The van der Waals surface area contributed by atoms with Gasteiger partial charge in [-0.3, -0.25) is 4.98 Å². The Morgan fingerprint density at radius 3 is 2.96 bits per heavy atom. The molecule has 0 spiro atoms. The molecular weight excluding hydrogens is 320 g/mol. The van der Waals surface area contributed by atoms with E-state index in [0.717, 1.165) is 24.1 Å². The molecule has 2 aromatic rings. The molecule has 25 heavy (non-hydrogen) atoms. The molecule has 0 radical (unpaired) electrons. The number of piperidine rings is 1. The maximum Gasteiger partial charge on any atom is 0.321 e. The lowest BCUT2D eigenvalue weighted by Crippen LogP contribution is -2.46. The Balaban J connectivity index is 1.59. The fraction of sp³-hybridized carbons (Fsp3) is 0.389. The third kappa shape index (κ3) is 4.59. The highest BCUT2D eigenvalue weighted by Gasteiger charge is 2.25. The smallest absolute Gasteiger partial charge is 0.321 e. The quantitative estimate of drug-likeness (QED) is 0.924. The number of hydrogen-bond acceptors (Lipinski definition) is 5. The van der Waals surface area contributed by atoms with Gasteiger partial charge in [0.1, 0.15) is 6.10 Å². The lowest BCUT2D eigenvalue weighted by atomic mass is 10.1. The molecule has 1 aliphatic rings. The number of aromatic nitrogens is 2. The summed E-state index contributed by atoms with van der Waals surface area (Å²) in [6.45, 7) is 3.22. The average Bonchev–Trinajstić information content (AvgIpc) is 2.62. The zero-order valence-corrected chi connectivity index (χ0v) is 14.4. The van der Waals surface area contributed by atoms with Gasteiger partial charge in [-0.05, 0) is 37.5 Å². The predicted molar refractivity (Wildman–Crippen MR) is 94.0 cm³/mol. The molecule has 1 unspecified atom stereocenters. The number of methoxy groups -OCH3 is 1. The summed E-state index contributed by atoms with van der Waals surface area (Å²) in [5.41, 5.74) is 1.90. The standard InChI is InChI=1S/C18H22N4O3/c1-13-5-3-6-14(9-13)20-18(23)22-8-4-7-15(12-22)25-17-11-19-10-16(21-17)24-2/h3,5-6,9-11,15H,4,7-8,12H2,1-2H3,(H,20,23). The monoisotopic (exact) mass is 342 g/mol. The van der Waals surface area contributed by atoms with Gasteiger partial charge in [-0.1, -0.05) is 12.1 Å². The van der Waals surface area contributed by atoms with Crippen LogP contribution in [-0.4, -0.2) is 47.2 Å². The van der Waals surface area contributed by atoms with Crippen molar-refractivity contribution >= 4 is 11.7 Å². The van der Waals surface area contributed by atoms with E-state index in [2.05, 4.69) is 15.3 Å². The molecule has 0 bridgehead atoms. The highest BCUT2D eigenvalue weighted by molar-refractivity contribution is 5.89. The molecule has 1 aromatic carbocycles. The first kappa shape index (κ1) is 17.0. The fourth-order valence-corrected chi connectivity index (χ4v) is 2.80. The number of amides is 2. The lowest BCUT2D eigenvalue weighted by Gasteiger charge is -2.32. The number of benzene rings is 1. The first-order valence-electron chi connectivity index (χ1n) is 8.29. The van der Waals surface area contributed by atoms with Crippen LogP contribution in [0, 0.1) is 6.92 Å². The summed E-state index contributed by atoms with van der Waals surface area (Å²) < 4.78 is 10.9. The van der Waals surface area contributed by atoms with E-state index in [-0.39, 0.29) is 12.1 Å². The molecule has 3 rings (SSSR count). The second kappa shape index (κ2) is 7.83. The Bertz CT molecular complexity index is 738. The molecule has 2 amide bonds. The summed E-state index contributed by atoms with van der Waals surface area (Å²) in [6, 6.07) is 7.64. The third-order valence-corrected chi connectivity index (χ3v) is 4.02. The van der Waals surface area contributed by atoms with Crippen molar-refractivity contribution in [2.75, 3.05) is 25.5 Å². The van der Waals surface area contributed by atoms with Crippen LogP contribution in [0.1, 0.15) is 18.4 Å². The van der Waals surface area contributed by atoms with Crippen LogP contribution in [0.5, 0.6) is 11.8 Å². The van der Waals surface area contributed by atoms with Gasteiger partial charge < -0.3 is 19.7 Å². The molecule has 0 aliphatic carbocycles. The molecule has 132 valence electrons. The van der Waals surface area contributed by atoms with Crippen LogP contribution in [0.2, 0.25) is 0 Å². The summed E-state index contributed by atoms with van der Waals surface area (Å²) in [4.78, 5) is 22.5. The Hall–Kier alpha value is -2.83. The van der Waals surface area contributed by atoms with Gasteiger partial charge in [-0.25, -0.2) is 4.79 Å². The van der Waals surface area contributed by atoms with E-state index in [1.165, 1.54) is 13.3 Å². The van der Waals surface area contributed by atoms with E-state index in [4.69, 9.17) is 9.47 Å². The van der Waals surface area contributed by atoms with Crippen LogP contribution in [-0.2, 0) is 0 Å². The molecule has 0 saturated carbocycles. The van der Waals surface area contributed by atoms with Crippen molar-refractivity contribution in [2.45, 2.75) is 25.9 Å². The Kier molecular flexibility index (Phi) is 5.33. The van der Waals surface area contributed by atoms with Crippen molar-refractivity contribution in [2.24, 2.45) is 0 Å². The number of ether oxygens (including phenoxy) is 2. The normalized spacial score (nSPS) is 17.0. The van der Waals surface area contributed by atoms with Crippen molar-refractivity contribution in [1.82, 2.24) is 14.9 Å². The minimum Gasteiger partial charge on any atom is -0.480 e. The summed E-state index contributed by atoms with van der Waals surface area (Å²) >= 11 is 0. The zero-order valence-electron chi connectivity index (χ0n) is 14.4. The largest absolute Gasteiger partial charge is 0.480 e. The number of urea groups is 1. The highest BCUT2D eigenvalue weighted by Crippen LogP contribution is 2.19. The van der Waals surface area contributed by atoms with Crippen molar-refractivity contribution in [3.05, 3.63) is 42.2 Å². The van der Waals surface area contributed by atoms with Crippen LogP contribution in [0.4, 0.5) is 10.5 Å². The summed E-state index contributed by atoms with van der Waals surface area (Å²) in [5, 5.41) is 2.94. The molecule has 7 nitrogen and oxygen atoms in total. The van der Waals surface area contributed by atoms with Gasteiger partial charge in [0, 0.05) is 12.2 Å². The molecule has 1 aliphatic heterocycles. The van der Waals surface area contributed by atoms with E-state index in [0.29, 0.717) is 24.8 Å². The molecule has 1 saturated heterocycles. The minimum atomic E-state index is -0.115. The molecule has 2 heterocycles. The third-order valence-electron chi connectivity index (χ3n) is 4.02. The molecule has 1 aromatic heterocycles. The van der Waals surface area contributed by atoms with Gasteiger partial charge in [0.2, 0.25) is 11.8 Å². The van der Waals surface area contributed by atoms with Crippen LogP contribution in [0.25, 0.3) is 0 Å². The SMILES string of the molecule is COc1cncc(OC2CCCN(C(=O)Nc3cccc(C)c3)C2)n1. The van der Waals surface area contributed by atoms with Crippen LogP contribution >= 0.6 is 0 Å². The number of hydrogen-bond donors (Lipinski definition) is 1. The van der Waals surface area contributed by atoms with E-state index in [9.17, 15) is 4.79 Å². The predicted octanol–water partition coefficient (Wildman–Crippen LogP) is 2.87. The van der Waals surface area contributed by atoms with Gasteiger partial charge in [0.05, 0.1) is 26.0 Å². The molecule has 7 heteroatoms. The van der Waals surface area contributed by atoms with Crippen LogP contribution in [0.15, 0.2) is 36.7 Å². The zero-order chi connectivity index (χ0) is 17.6. The minimum absolute atomic E-state index is 0.113. The summed E-state index contributed by atoms with van der Waals surface area (Å²) in [6.07, 6.45) is 4.71. The number of nitrogens with one attached hydrogen (secondary N) is 1. The first-order chi connectivity index (χ1) is 12.1. The number of anilines is 1. The number of aryl methyl sites for hydroxylation is 1. The van der Waals surface area contributed by atoms with Gasteiger partial charge in [0.25, 0.3) is 0 Å². The van der Waals surface area contributed by atoms with E-state index >= 15 is 0 Å². The Labute approximate surface area is 147 Å². The first-order valence-corrected chi connectivity index (χ1v) is 8.29. The van der Waals surface area contributed by atoms with E-state index in [1.807, 2.05) is 31.2 Å². The van der Waals surface area contributed by atoms with Crippen molar-refractivity contribution in [1.29, 1.82) is 0 Å². The van der Waals surface area contributed by atoms with Gasteiger partial charge >= 0.3 is 6.03 Å². The second-order valence-corrected chi connectivity index (χ2v) is 6.03. The van der Waals surface area contributed by atoms with Crippen molar-refractivity contribution in [3.8, 4) is 11.8 Å². The highest BCUT2D eigenvalue weighted by atomic mass is 16.5. The van der Waals surface area contributed by atoms with Gasteiger partial charge in [-0.2, -0.15) is 4.98 Å². The summed E-state index contributed by atoms with van der Waals surface area (Å²) in [7, 11) is 1.53. The number of carbonyl (C=O) groups is 1. The maximum absolute atomic E-state index is 12.5. The molecule has 1 atom stereocenters. The van der Waals surface area contributed by atoms with E-state index in [1.54, 1.807) is 11.1 Å². The lowest BCUT2D eigenvalue weighted by molar-refractivity contribution is 0.101.